The van der Waals surface area contributed by atoms with Gasteiger partial charge in [0.1, 0.15) is 11.5 Å². The summed E-state index contributed by atoms with van der Waals surface area (Å²) in [6.45, 7) is 12.3. The Morgan fingerprint density at radius 3 is 2.02 bits per heavy atom. The predicted octanol–water partition coefficient (Wildman–Crippen LogP) is 5.48. The number of methoxy groups -OCH3 is 1. The molecule has 5 atom stereocenters. The summed E-state index contributed by atoms with van der Waals surface area (Å²) in [5.74, 6) is 0.523. The van der Waals surface area contributed by atoms with E-state index in [1.807, 2.05) is 12.1 Å². The molecule has 2 aliphatic heterocycles. The highest BCUT2D eigenvalue weighted by Gasteiger charge is 2.66. The minimum absolute atomic E-state index is 0.0749. The molecule has 8 heteroatoms. The number of thioether (sulfide) groups is 1. The van der Waals surface area contributed by atoms with Crippen LogP contribution < -0.4 is 25.7 Å². The molecular formula is C37H48N2O4SSi. The van der Waals surface area contributed by atoms with Gasteiger partial charge >= 0.3 is 0 Å². The molecule has 3 aliphatic rings. The van der Waals surface area contributed by atoms with E-state index in [0.29, 0.717) is 12.8 Å². The normalized spacial score (nSPS) is 29.7. The van der Waals surface area contributed by atoms with Crippen LogP contribution in [0.4, 0.5) is 0 Å². The number of fused-ring (bicyclic) bond motifs is 1. The molecule has 1 spiro atoms. The highest BCUT2D eigenvalue weighted by molar-refractivity contribution is 8.00. The Labute approximate surface area is 273 Å². The van der Waals surface area contributed by atoms with E-state index in [4.69, 9.17) is 9.16 Å². The van der Waals surface area contributed by atoms with Crippen LogP contribution in [-0.2, 0) is 9.22 Å². The summed E-state index contributed by atoms with van der Waals surface area (Å²) in [7, 11) is -1.28. The largest absolute Gasteiger partial charge is 0.497 e. The number of hydrogen-bond acceptors (Lipinski definition) is 6. The highest BCUT2D eigenvalue weighted by Crippen LogP contribution is 2.57. The smallest absolute Gasteiger partial charge is 0.261 e. The third-order valence-corrected chi connectivity index (χ3v) is 17.0. The van der Waals surface area contributed by atoms with Crippen molar-refractivity contribution in [2.45, 2.75) is 92.9 Å². The van der Waals surface area contributed by atoms with E-state index < -0.39 is 25.0 Å². The Kier molecular flexibility index (Phi) is 8.53. The lowest BCUT2D eigenvalue weighted by atomic mass is 9.57. The second-order valence-corrected chi connectivity index (χ2v) is 20.4. The predicted molar refractivity (Wildman–Crippen MR) is 185 cm³/mol. The number of nitrogens with one attached hydrogen (secondary N) is 2. The van der Waals surface area contributed by atoms with Gasteiger partial charge in [-0.1, -0.05) is 95.3 Å². The summed E-state index contributed by atoms with van der Waals surface area (Å²) in [4.78, 5) is 14.7. The van der Waals surface area contributed by atoms with Crippen molar-refractivity contribution in [2.75, 3.05) is 13.7 Å². The van der Waals surface area contributed by atoms with Crippen LogP contribution in [0.2, 0.25) is 5.04 Å². The first-order valence-electron chi connectivity index (χ1n) is 16.2. The maximum absolute atomic E-state index is 13.7. The van der Waals surface area contributed by atoms with Gasteiger partial charge in [-0.05, 0) is 70.9 Å². The molecule has 1 saturated carbocycles. The Morgan fingerprint density at radius 2 is 1.51 bits per heavy atom. The van der Waals surface area contributed by atoms with E-state index in [1.54, 1.807) is 18.9 Å². The number of amides is 1. The molecule has 3 aromatic rings. The van der Waals surface area contributed by atoms with Gasteiger partial charge in [0.15, 0.2) is 0 Å². The van der Waals surface area contributed by atoms with Crippen molar-refractivity contribution in [3.05, 3.63) is 84.9 Å². The quantitative estimate of drug-likeness (QED) is 0.296. The van der Waals surface area contributed by atoms with Crippen molar-refractivity contribution in [3.63, 3.8) is 0 Å². The molecule has 0 aromatic heterocycles. The number of carbonyl (C=O) groups is 1. The molecule has 0 bridgehead atoms. The summed E-state index contributed by atoms with van der Waals surface area (Å²) in [6, 6.07) is 29.7. The minimum Gasteiger partial charge on any atom is -0.497 e. The van der Waals surface area contributed by atoms with Crippen LogP contribution >= 0.6 is 11.8 Å². The van der Waals surface area contributed by atoms with Gasteiger partial charge in [-0.3, -0.25) is 4.79 Å². The van der Waals surface area contributed by atoms with Gasteiger partial charge in [-0.25, -0.2) is 0 Å². The van der Waals surface area contributed by atoms with E-state index >= 15 is 0 Å². The van der Waals surface area contributed by atoms with Crippen LogP contribution in [0.15, 0.2) is 89.8 Å². The lowest BCUT2D eigenvalue weighted by Crippen LogP contribution is -2.77. The summed E-state index contributed by atoms with van der Waals surface area (Å²) in [5, 5.41) is 21.3. The minimum atomic E-state index is -2.95. The fourth-order valence-corrected chi connectivity index (χ4v) is 14.9. The fraction of sp³-hybridized carbons (Fsp3) is 0.486. The first-order valence-corrected chi connectivity index (χ1v) is 19.0. The van der Waals surface area contributed by atoms with Crippen LogP contribution in [-0.4, -0.2) is 55.6 Å². The average molecular weight is 645 g/mol. The monoisotopic (exact) mass is 644 g/mol. The lowest BCUT2D eigenvalue weighted by molar-refractivity contribution is -0.193. The topological polar surface area (TPSA) is 79.8 Å². The maximum Gasteiger partial charge on any atom is 0.261 e. The zero-order valence-electron chi connectivity index (χ0n) is 27.4. The standard InChI is InChI=1S/C37H48N2O4SSi/c1-34(2,3)45(28-14-9-7-10-15-28,29-16-11-8-12-17-29)43-32-30(44-27-20-18-26(42-6)19-21-27)24-37(41)31(35(32,4)5)25-36(33(40)39-37)22-13-23-38-36/h7-12,14-21,30-32,38,41H,13,22-25H2,1-6H3,(H,39,40)/t30-,31+,32+,36+,37-/m0/s1. The molecular weight excluding hydrogens is 597 g/mol. The molecule has 3 fully saturated rings. The molecule has 0 radical (unpaired) electrons. The van der Waals surface area contributed by atoms with Crippen LogP contribution in [0, 0.1) is 11.3 Å². The highest BCUT2D eigenvalue weighted by atomic mass is 32.2. The number of ether oxygens (including phenoxy) is 1. The van der Waals surface area contributed by atoms with E-state index in [1.165, 1.54) is 10.4 Å². The van der Waals surface area contributed by atoms with Gasteiger partial charge in [-0.15, -0.1) is 11.8 Å². The SMILES string of the molecule is COc1ccc(S[C@H]2C[C@@]3(O)NC(=O)[C@@]4(CCCN4)C[C@@H]3C(C)(C)[C@@H]2O[Si](c2ccccc2)(c2ccccc2)C(C)(C)C)cc1. The van der Waals surface area contributed by atoms with Crippen molar-refractivity contribution >= 4 is 36.4 Å². The second-order valence-electron chi connectivity index (χ2n) is 14.8. The van der Waals surface area contributed by atoms with Crippen molar-refractivity contribution in [3.8, 4) is 5.75 Å². The zero-order chi connectivity index (χ0) is 32.1. The van der Waals surface area contributed by atoms with Gasteiger partial charge in [0.2, 0.25) is 5.91 Å². The Bertz CT molecular complexity index is 1450. The summed E-state index contributed by atoms with van der Waals surface area (Å²) in [5.41, 5.74) is -2.48. The molecule has 2 saturated heterocycles. The number of piperidine rings is 1. The molecule has 6 rings (SSSR count). The number of hydrogen-bond donors (Lipinski definition) is 3. The molecule has 0 unspecified atom stereocenters. The summed E-state index contributed by atoms with van der Waals surface area (Å²) < 4.78 is 13.4. The van der Waals surface area contributed by atoms with Crippen LogP contribution in [0.1, 0.15) is 60.3 Å². The number of rotatable bonds is 7. The Hall–Kier alpha value is -2.62. The van der Waals surface area contributed by atoms with E-state index in [2.05, 4.69) is 118 Å². The first-order chi connectivity index (χ1) is 21.3. The molecule has 1 aliphatic carbocycles. The van der Waals surface area contributed by atoms with E-state index in [-0.39, 0.29) is 28.2 Å². The van der Waals surface area contributed by atoms with Crippen molar-refractivity contribution < 1.29 is 19.1 Å². The fourth-order valence-electron chi connectivity index (χ4n) is 8.39. The van der Waals surface area contributed by atoms with Crippen molar-refractivity contribution in [1.29, 1.82) is 0 Å². The molecule has 3 aromatic carbocycles. The molecule has 45 heavy (non-hydrogen) atoms. The Balaban J connectivity index is 1.51. The van der Waals surface area contributed by atoms with Crippen molar-refractivity contribution in [1.82, 2.24) is 10.6 Å². The Morgan fingerprint density at radius 1 is 0.911 bits per heavy atom. The van der Waals surface area contributed by atoms with E-state index in [0.717, 1.165) is 30.0 Å². The lowest BCUT2D eigenvalue weighted by Gasteiger charge is -2.62. The van der Waals surface area contributed by atoms with Crippen LogP contribution in [0.3, 0.4) is 0 Å². The maximum atomic E-state index is 13.7. The van der Waals surface area contributed by atoms with Gasteiger partial charge < -0.3 is 24.9 Å². The number of benzene rings is 3. The molecule has 2 heterocycles. The van der Waals surface area contributed by atoms with Gasteiger partial charge in [0.25, 0.3) is 8.32 Å². The molecule has 240 valence electrons. The van der Waals surface area contributed by atoms with Gasteiger partial charge in [0, 0.05) is 22.5 Å². The molecule has 3 N–H and O–H groups in total. The van der Waals surface area contributed by atoms with Crippen LogP contribution in [0.25, 0.3) is 0 Å². The first kappa shape index (κ1) is 32.3. The third kappa shape index (κ3) is 5.56. The third-order valence-electron chi connectivity index (χ3n) is 10.7. The average Bonchev–Trinajstić information content (AvgIpc) is 3.49. The van der Waals surface area contributed by atoms with E-state index in [9.17, 15) is 9.90 Å². The molecule has 6 nitrogen and oxygen atoms in total. The second kappa shape index (κ2) is 11.9. The number of carbonyl (C=O) groups excluding carboxylic acids is 1. The summed E-state index contributed by atoms with van der Waals surface area (Å²) in [6.07, 6.45) is 2.49. The van der Waals surface area contributed by atoms with Gasteiger partial charge in [-0.2, -0.15) is 0 Å². The summed E-state index contributed by atoms with van der Waals surface area (Å²) >= 11 is 1.73. The van der Waals surface area contributed by atoms with Crippen LogP contribution in [0.5, 0.6) is 5.75 Å². The van der Waals surface area contributed by atoms with Gasteiger partial charge in [0.05, 0.1) is 18.8 Å². The van der Waals surface area contributed by atoms with Crippen molar-refractivity contribution in [2.24, 2.45) is 11.3 Å². The zero-order valence-corrected chi connectivity index (χ0v) is 29.2. The molecule has 1 amide bonds. The number of aliphatic hydroxyl groups is 1.